The van der Waals surface area contributed by atoms with Crippen molar-refractivity contribution in [2.45, 2.75) is 30.9 Å². The van der Waals surface area contributed by atoms with E-state index in [-0.39, 0.29) is 5.60 Å². The average molecular weight is 328 g/mol. The molecule has 2 heterocycles. The van der Waals surface area contributed by atoms with Crippen molar-refractivity contribution in [3.05, 3.63) is 28.2 Å². The lowest BCUT2D eigenvalue weighted by molar-refractivity contribution is 0.0236. The highest BCUT2D eigenvalue weighted by atomic mass is 79.9. The molecule has 98 valence electrons. The largest absolute Gasteiger partial charge is 0.487 e. The highest BCUT2D eigenvalue weighted by Crippen LogP contribution is 2.45. The van der Waals surface area contributed by atoms with E-state index in [0.717, 1.165) is 16.6 Å². The molecule has 1 aromatic carbocycles. The van der Waals surface area contributed by atoms with Crippen LogP contribution < -0.4 is 10.1 Å². The Kier molecular flexibility index (Phi) is 3.61. The summed E-state index contributed by atoms with van der Waals surface area (Å²) >= 11 is 5.60. The van der Waals surface area contributed by atoms with E-state index in [0.29, 0.717) is 6.04 Å². The SMILES string of the molecule is CNC1CC2(CCSCC2)Oc2ccc(Br)cc21. The summed E-state index contributed by atoms with van der Waals surface area (Å²) in [4.78, 5) is 0. The van der Waals surface area contributed by atoms with Crippen molar-refractivity contribution < 1.29 is 4.74 Å². The molecule has 1 saturated heterocycles. The van der Waals surface area contributed by atoms with Crippen molar-refractivity contribution in [1.29, 1.82) is 0 Å². The molecule has 0 saturated carbocycles. The quantitative estimate of drug-likeness (QED) is 0.848. The molecule has 1 unspecified atom stereocenters. The Hall–Kier alpha value is -0.190. The molecule has 1 spiro atoms. The topological polar surface area (TPSA) is 21.3 Å². The maximum atomic E-state index is 6.37. The summed E-state index contributed by atoms with van der Waals surface area (Å²) in [5.41, 5.74) is 1.36. The van der Waals surface area contributed by atoms with Crippen LogP contribution >= 0.6 is 27.7 Å². The minimum Gasteiger partial charge on any atom is -0.487 e. The molecule has 2 aliphatic rings. The molecule has 1 fully saturated rings. The number of nitrogens with one attached hydrogen (secondary N) is 1. The zero-order valence-corrected chi connectivity index (χ0v) is 12.9. The summed E-state index contributed by atoms with van der Waals surface area (Å²) in [6.45, 7) is 0. The van der Waals surface area contributed by atoms with E-state index in [1.165, 1.54) is 29.9 Å². The average Bonchev–Trinajstić information content (AvgIpc) is 2.39. The van der Waals surface area contributed by atoms with E-state index in [1.807, 2.05) is 18.8 Å². The third-order valence-electron chi connectivity index (χ3n) is 4.00. The van der Waals surface area contributed by atoms with Crippen molar-refractivity contribution in [2.24, 2.45) is 0 Å². The van der Waals surface area contributed by atoms with Crippen molar-refractivity contribution in [1.82, 2.24) is 5.32 Å². The van der Waals surface area contributed by atoms with Crippen LogP contribution in [0.25, 0.3) is 0 Å². The van der Waals surface area contributed by atoms with Gasteiger partial charge in [0.1, 0.15) is 11.4 Å². The number of fused-ring (bicyclic) bond motifs is 1. The van der Waals surface area contributed by atoms with E-state index in [2.05, 4.69) is 39.4 Å². The van der Waals surface area contributed by atoms with Gasteiger partial charge in [-0.3, -0.25) is 0 Å². The van der Waals surface area contributed by atoms with Gasteiger partial charge in [0.05, 0.1) is 0 Å². The molecule has 18 heavy (non-hydrogen) atoms. The minimum atomic E-state index is 0.0692. The summed E-state index contributed by atoms with van der Waals surface area (Å²) in [6.07, 6.45) is 3.43. The zero-order valence-electron chi connectivity index (χ0n) is 10.5. The number of halogens is 1. The summed E-state index contributed by atoms with van der Waals surface area (Å²) in [7, 11) is 2.05. The molecule has 3 rings (SSSR count). The van der Waals surface area contributed by atoms with Gasteiger partial charge < -0.3 is 10.1 Å². The van der Waals surface area contributed by atoms with Gasteiger partial charge in [-0.15, -0.1) is 0 Å². The van der Waals surface area contributed by atoms with Gasteiger partial charge >= 0.3 is 0 Å². The molecule has 4 heteroatoms. The van der Waals surface area contributed by atoms with E-state index in [9.17, 15) is 0 Å². The van der Waals surface area contributed by atoms with Gasteiger partial charge in [-0.1, -0.05) is 15.9 Å². The first-order chi connectivity index (χ1) is 8.72. The predicted molar refractivity (Wildman–Crippen MR) is 80.5 cm³/mol. The van der Waals surface area contributed by atoms with Gasteiger partial charge in [0.15, 0.2) is 0 Å². The standard InChI is InChI=1S/C14H18BrNOS/c1-16-12-9-14(4-6-18-7-5-14)17-13-3-2-10(15)8-11(12)13/h2-3,8,12,16H,4-7,9H2,1H3. The lowest BCUT2D eigenvalue weighted by Gasteiger charge is -2.44. The number of ether oxygens (including phenoxy) is 1. The fraction of sp³-hybridized carbons (Fsp3) is 0.571. The van der Waals surface area contributed by atoms with E-state index in [1.54, 1.807) is 0 Å². The number of hydrogen-bond donors (Lipinski definition) is 1. The highest BCUT2D eigenvalue weighted by Gasteiger charge is 2.41. The monoisotopic (exact) mass is 327 g/mol. The van der Waals surface area contributed by atoms with Crippen molar-refractivity contribution in [3.8, 4) is 5.75 Å². The molecule has 0 aliphatic carbocycles. The normalized spacial score (nSPS) is 25.6. The van der Waals surface area contributed by atoms with E-state index in [4.69, 9.17) is 4.74 Å². The molecular formula is C14H18BrNOS. The van der Waals surface area contributed by atoms with Crippen molar-refractivity contribution in [2.75, 3.05) is 18.6 Å². The molecule has 1 aromatic rings. The van der Waals surface area contributed by atoms with Crippen LogP contribution in [0.1, 0.15) is 30.9 Å². The fourth-order valence-corrected chi connectivity index (χ4v) is 4.56. The zero-order chi connectivity index (χ0) is 12.6. The highest BCUT2D eigenvalue weighted by molar-refractivity contribution is 9.10. The van der Waals surface area contributed by atoms with Gasteiger partial charge in [0.2, 0.25) is 0 Å². The van der Waals surface area contributed by atoms with Gasteiger partial charge in [-0.2, -0.15) is 11.8 Å². The first-order valence-electron chi connectivity index (χ1n) is 6.46. The number of hydrogen-bond acceptors (Lipinski definition) is 3. The van der Waals surface area contributed by atoms with Gasteiger partial charge in [-0.25, -0.2) is 0 Å². The minimum absolute atomic E-state index is 0.0692. The second-order valence-corrected chi connectivity index (χ2v) is 7.27. The molecule has 0 bridgehead atoms. The Morgan fingerprint density at radius 3 is 2.89 bits per heavy atom. The van der Waals surface area contributed by atoms with E-state index >= 15 is 0 Å². The Morgan fingerprint density at radius 1 is 1.39 bits per heavy atom. The smallest absolute Gasteiger partial charge is 0.125 e. The molecule has 1 N–H and O–H groups in total. The fourth-order valence-electron chi connectivity index (χ4n) is 2.95. The van der Waals surface area contributed by atoms with Crippen LogP contribution in [-0.2, 0) is 0 Å². The van der Waals surface area contributed by atoms with Crippen LogP contribution in [-0.4, -0.2) is 24.2 Å². The summed E-state index contributed by atoms with van der Waals surface area (Å²) in [5, 5.41) is 3.45. The second-order valence-electron chi connectivity index (χ2n) is 5.12. The predicted octanol–water partition coefficient (Wildman–Crippen LogP) is 3.76. The summed E-state index contributed by atoms with van der Waals surface area (Å²) < 4.78 is 7.50. The van der Waals surface area contributed by atoms with Crippen LogP contribution in [0.3, 0.4) is 0 Å². The Labute approximate surface area is 121 Å². The summed E-state index contributed by atoms with van der Waals surface area (Å²) in [6, 6.07) is 6.77. The summed E-state index contributed by atoms with van der Waals surface area (Å²) in [5.74, 6) is 3.51. The number of thioether (sulfide) groups is 1. The van der Waals surface area contributed by atoms with E-state index < -0.39 is 0 Å². The van der Waals surface area contributed by atoms with Crippen LogP contribution in [0, 0.1) is 0 Å². The van der Waals surface area contributed by atoms with Crippen LogP contribution in [0.4, 0.5) is 0 Å². The third kappa shape index (κ3) is 2.30. The molecule has 2 nitrogen and oxygen atoms in total. The lowest BCUT2D eigenvalue weighted by atomic mass is 9.83. The van der Waals surface area contributed by atoms with Gasteiger partial charge in [0, 0.05) is 22.5 Å². The maximum Gasteiger partial charge on any atom is 0.125 e. The first kappa shape index (κ1) is 12.8. The maximum absolute atomic E-state index is 6.37. The van der Waals surface area contributed by atoms with Crippen molar-refractivity contribution >= 4 is 27.7 Å². The second kappa shape index (κ2) is 5.06. The van der Waals surface area contributed by atoms with Crippen LogP contribution in [0.15, 0.2) is 22.7 Å². The van der Waals surface area contributed by atoms with Crippen LogP contribution in [0.2, 0.25) is 0 Å². The first-order valence-corrected chi connectivity index (χ1v) is 8.41. The number of benzene rings is 1. The van der Waals surface area contributed by atoms with Crippen molar-refractivity contribution in [3.63, 3.8) is 0 Å². The lowest BCUT2D eigenvalue weighted by Crippen LogP contribution is -2.46. The number of rotatable bonds is 1. The Morgan fingerprint density at radius 2 is 2.17 bits per heavy atom. The molecule has 0 amide bonds. The molecular weight excluding hydrogens is 310 g/mol. The molecule has 1 atom stereocenters. The molecule has 0 aromatic heterocycles. The van der Waals surface area contributed by atoms with Gasteiger partial charge in [0.25, 0.3) is 0 Å². The Balaban J connectivity index is 1.96. The molecule has 0 radical (unpaired) electrons. The molecule has 2 aliphatic heterocycles. The van der Waals surface area contributed by atoms with Crippen LogP contribution in [0.5, 0.6) is 5.75 Å². The third-order valence-corrected chi connectivity index (χ3v) is 5.48. The van der Waals surface area contributed by atoms with Gasteiger partial charge in [-0.05, 0) is 49.6 Å². The Bertz CT molecular complexity index is 445.